The van der Waals surface area contributed by atoms with Gasteiger partial charge in [0.1, 0.15) is 0 Å². The second-order valence-corrected chi connectivity index (χ2v) is 6.46. The number of sulfone groups is 1. The van der Waals surface area contributed by atoms with Gasteiger partial charge in [-0.1, -0.05) is 38.5 Å². The van der Waals surface area contributed by atoms with Gasteiger partial charge in [0.05, 0.1) is 16.8 Å². The van der Waals surface area contributed by atoms with Crippen LogP contribution in [0, 0.1) is 5.92 Å². The maximum Gasteiger partial charge on any atom is 0.180 e. The molecule has 0 unspecified atom stereocenters. The third kappa shape index (κ3) is 4.13. The summed E-state index contributed by atoms with van der Waals surface area (Å²) in [5, 5.41) is 9.87. The molecule has 1 aromatic carbocycles. The molecule has 0 radical (unpaired) electrons. The maximum atomic E-state index is 12.0. The second kappa shape index (κ2) is 6.17. The molecule has 0 saturated heterocycles. The molecule has 0 amide bonds. The van der Waals surface area contributed by atoms with Gasteiger partial charge in [0.15, 0.2) is 9.84 Å². The molecule has 0 spiro atoms. The Kier molecular flexibility index (Phi) is 5.15. The Morgan fingerprint density at radius 2 is 1.82 bits per heavy atom. The summed E-state index contributed by atoms with van der Waals surface area (Å²) in [4.78, 5) is 0.280. The number of aliphatic hydroxyl groups excluding tert-OH is 1. The van der Waals surface area contributed by atoms with Gasteiger partial charge in [0.25, 0.3) is 0 Å². The molecule has 0 aromatic heterocycles. The van der Waals surface area contributed by atoms with Crippen molar-refractivity contribution in [2.24, 2.45) is 5.92 Å². The smallest absolute Gasteiger partial charge is 0.180 e. The lowest BCUT2D eigenvalue weighted by molar-refractivity contribution is 0.132. The van der Waals surface area contributed by atoms with Crippen LogP contribution in [0.15, 0.2) is 35.2 Å². The van der Waals surface area contributed by atoms with Crippen LogP contribution in [0.4, 0.5) is 0 Å². The Balaban J connectivity index is 2.74. The van der Waals surface area contributed by atoms with Crippen molar-refractivity contribution in [3.05, 3.63) is 30.3 Å². The van der Waals surface area contributed by atoms with Crippen LogP contribution >= 0.6 is 0 Å². The highest BCUT2D eigenvalue weighted by Gasteiger charge is 2.23. The average Bonchev–Trinajstić information content (AvgIpc) is 2.30. The van der Waals surface area contributed by atoms with Crippen molar-refractivity contribution in [1.29, 1.82) is 0 Å². The first-order valence-electron chi connectivity index (χ1n) is 5.93. The summed E-state index contributed by atoms with van der Waals surface area (Å²) in [6, 6.07) is 8.28. The molecule has 1 rings (SSSR count). The fourth-order valence-corrected chi connectivity index (χ4v) is 3.30. The molecule has 3 nitrogen and oxygen atoms in total. The highest BCUT2D eigenvalue weighted by atomic mass is 32.2. The summed E-state index contributed by atoms with van der Waals surface area (Å²) in [5.74, 6) is -0.184. The van der Waals surface area contributed by atoms with Crippen LogP contribution in [-0.4, -0.2) is 25.4 Å². The predicted octanol–water partition coefficient (Wildman–Crippen LogP) is 2.26. The molecule has 0 fully saturated rings. The van der Waals surface area contributed by atoms with E-state index >= 15 is 0 Å². The summed E-state index contributed by atoms with van der Waals surface area (Å²) in [5.41, 5.74) is 0. The summed E-state index contributed by atoms with van der Waals surface area (Å²) < 4.78 is 24.0. The van der Waals surface area contributed by atoms with E-state index < -0.39 is 15.9 Å². The standard InChI is InChI=1S/C13H20O3S/c1-3-7-11(2)13(14)10-17(15,16)12-8-5-4-6-9-12/h4-6,8-9,11,13-14H,3,7,10H2,1-2H3/t11-,13+/m1/s1. The zero-order valence-electron chi connectivity index (χ0n) is 10.3. The van der Waals surface area contributed by atoms with Crippen molar-refractivity contribution in [3.8, 4) is 0 Å². The third-order valence-electron chi connectivity index (χ3n) is 2.89. The molecular weight excluding hydrogens is 236 g/mol. The lowest BCUT2D eigenvalue weighted by Gasteiger charge is -2.18. The SMILES string of the molecule is CCC[C@@H](C)[C@@H](O)CS(=O)(=O)c1ccccc1. The van der Waals surface area contributed by atoms with Crippen molar-refractivity contribution in [2.75, 3.05) is 5.75 Å². The number of hydrogen-bond donors (Lipinski definition) is 1. The Labute approximate surface area is 103 Å². The number of rotatable bonds is 6. The molecule has 0 aliphatic heterocycles. The van der Waals surface area contributed by atoms with Crippen LogP contribution in [0.2, 0.25) is 0 Å². The summed E-state index contributed by atoms with van der Waals surface area (Å²) in [7, 11) is -3.37. The fourth-order valence-electron chi connectivity index (χ4n) is 1.76. The molecule has 1 N–H and O–H groups in total. The Morgan fingerprint density at radius 3 is 2.35 bits per heavy atom. The van der Waals surface area contributed by atoms with Gasteiger partial charge < -0.3 is 5.11 Å². The lowest BCUT2D eigenvalue weighted by Crippen LogP contribution is -2.27. The van der Waals surface area contributed by atoms with Crippen molar-refractivity contribution >= 4 is 9.84 Å². The third-order valence-corrected chi connectivity index (χ3v) is 4.66. The van der Waals surface area contributed by atoms with E-state index in [0.29, 0.717) is 0 Å². The van der Waals surface area contributed by atoms with Gasteiger partial charge in [-0.15, -0.1) is 0 Å². The minimum absolute atomic E-state index is 0.0125. The normalized spacial score (nSPS) is 15.5. The average molecular weight is 256 g/mol. The molecule has 0 aliphatic rings. The zero-order chi connectivity index (χ0) is 12.9. The van der Waals surface area contributed by atoms with Gasteiger partial charge in [-0.2, -0.15) is 0 Å². The van der Waals surface area contributed by atoms with Crippen molar-refractivity contribution in [3.63, 3.8) is 0 Å². The quantitative estimate of drug-likeness (QED) is 0.849. The van der Waals surface area contributed by atoms with Gasteiger partial charge in [-0.25, -0.2) is 8.42 Å². The molecule has 0 aliphatic carbocycles. The van der Waals surface area contributed by atoms with Gasteiger partial charge in [-0.05, 0) is 24.5 Å². The topological polar surface area (TPSA) is 54.4 Å². The van der Waals surface area contributed by atoms with E-state index in [2.05, 4.69) is 0 Å². The van der Waals surface area contributed by atoms with E-state index in [1.165, 1.54) is 0 Å². The summed E-state index contributed by atoms with van der Waals surface area (Å²) in [6.07, 6.45) is 0.995. The van der Waals surface area contributed by atoms with Crippen molar-refractivity contribution < 1.29 is 13.5 Å². The molecule has 4 heteroatoms. The van der Waals surface area contributed by atoms with Gasteiger partial charge >= 0.3 is 0 Å². The number of benzene rings is 1. The second-order valence-electron chi connectivity index (χ2n) is 4.43. The molecule has 2 atom stereocenters. The molecule has 96 valence electrons. The summed E-state index contributed by atoms with van der Waals surface area (Å²) in [6.45, 7) is 3.91. The highest BCUT2D eigenvalue weighted by Crippen LogP contribution is 2.17. The van der Waals surface area contributed by atoms with E-state index in [1.807, 2.05) is 13.8 Å². The lowest BCUT2D eigenvalue weighted by atomic mass is 10.0. The monoisotopic (exact) mass is 256 g/mol. The van der Waals surface area contributed by atoms with Crippen molar-refractivity contribution in [2.45, 2.75) is 37.7 Å². The van der Waals surface area contributed by atoms with Crippen molar-refractivity contribution in [1.82, 2.24) is 0 Å². The number of aliphatic hydroxyl groups is 1. The summed E-state index contributed by atoms with van der Waals surface area (Å²) >= 11 is 0. The van der Waals surface area contributed by atoms with Crippen LogP contribution in [0.5, 0.6) is 0 Å². The molecule has 0 bridgehead atoms. The van der Waals surface area contributed by atoms with E-state index in [1.54, 1.807) is 30.3 Å². The maximum absolute atomic E-state index is 12.0. The molecule has 0 heterocycles. The Morgan fingerprint density at radius 1 is 1.24 bits per heavy atom. The highest BCUT2D eigenvalue weighted by molar-refractivity contribution is 7.91. The van der Waals surface area contributed by atoms with E-state index in [-0.39, 0.29) is 16.6 Å². The minimum Gasteiger partial charge on any atom is -0.392 e. The Hall–Kier alpha value is -0.870. The fraction of sp³-hybridized carbons (Fsp3) is 0.538. The van der Waals surface area contributed by atoms with Crippen LogP contribution in [-0.2, 0) is 9.84 Å². The largest absolute Gasteiger partial charge is 0.392 e. The van der Waals surface area contributed by atoms with E-state index in [0.717, 1.165) is 12.8 Å². The molecular formula is C13H20O3S. The number of hydrogen-bond acceptors (Lipinski definition) is 3. The van der Waals surface area contributed by atoms with Gasteiger partial charge in [0, 0.05) is 0 Å². The predicted molar refractivity (Wildman–Crippen MR) is 68.6 cm³/mol. The first-order chi connectivity index (χ1) is 7.97. The Bertz CT molecular complexity index is 425. The first kappa shape index (κ1) is 14.2. The molecule has 0 saturated carbocycles. The van der Waals surface area contributed by atoms with Crippen LogP contribution in [0.25, 0.3) is 0 Å². The first-order valence-corrected chi connectivity index (χ1v) is 7.58. The van der Waals surface area contributed by atoms with Gasteiger partial charge in [0.2, 0.25) is 0 Å². The van der Waals surface area contributed by atoms with Crippen LogP contribution < -0.4 is 0 Å². The molecule has 1 aromatic rings. The van der Waals surface area contributed by atoms with Crippen LogP contribution in [0.1, 0.15) is 26.7 Å². The minimum atomic E-state index is -3.37. The molecule has 17 heavy (non-hydrogen) atoms. The van der Waals surface area contributed by atoms with Gasteiger partial charge in [-0.3, -0.25) is 0 Å². The van der Waals surface area contributed by atoms with E-state index in [9.17, 15) is 13.5 Å². The van der Waals surface area contributed by atoms with Crippen LogP contribution in [0.3, 0.4) is 0 Å². The van der Waals surface area contributed by atoms with E-state index in [4.69, 9.17) is 0 Å². The zero-order valence-corrected chi connectivity index (χ0v) is 11.2.